The zero-order chi connectivity index (χ0) is 17.9. The largest absolute Gasteiger partial charge is 0.477 e. The number of pyridine rings is 2. The molecule has 0 radical (unpaired) electrons. The van der Waals surface area contributed by atoms with E-state index in [-0.39, 0.29) is 11.5 Å². The Labute approximate surface area is 144 Å². The van der Waals surface area contributed by atoms with Crippen molar-refractivity contribution < 1.29 is 9.90 Å². The summed E-state index contributed by atoms with van der Waals surface area (Å²) < 4.78 is 1.44. The SMILES string of the molecule is Cc1nc2c(c3ccccc13)CC(C)c1cc(C(=O)O)c(=O)n(C)c1-2. The summed E-state index contributed by atoms with van der Waals surface area (Å²) in [6.45, 7) is 4.02. The van der Waals surface area contributed by atoms with Gasteiger partial charge in [-0.25, -0.2) is 4.79 Å². The van der Waals surface area contributed by atoms with Gasteiger partial charge < -0.3 is 9.67 Å². The predicted molar refractivity (Wildman–Crippen MR) is 96.2 cm³/mol. The molecular formula is C20H18N2O3. The minimum absolute atomic E-state index is 0.111. The second-order valence-corrected chi connectivity index (χ2v) is 6.71. The normalized spacial score (nSPS) is 15.7. The first-order chi connectivity index (χ1) is 11.9. The van der Waals surface area contributed by atoms with Crippen molar-refractivity contribution in [3.05, 3.63) is 63.1 Å². The molecule has 5 heteroatoms. The quantitative estimate of drug-likeness (QED) is 0.741. The van der Waals surface area contributed by atoms with Gasteiger partial charge in [0.05, 0.1) is 11.4 Å². The van der Waals surface area contributed by atoms with Gasteiger partial charge in [-0.3, -0.25) is 9.78 Å². The fourth-order valence-corrected chi connectivity index (χ4v) is 3.89. The summed E-state index contributed by atoms with van der Waals surface area (Å²) in [5, 5.41) is 11.6. The molecule has 0 saturated carbocycles. The van der Waals surface area contributed by atoms with Crippen LogP contribution in [0.1, 0.15) is 40.0 Å². The summed E-state index contributed by atoms with van der Waals surface area (Å²) in [7, 11) is 1.63. The van der Waals surface area contributed by atoms with E-state index in [1.807, 2.05) is 19.1 Å². The fraction of sp³-hybridized carbons (Fsp3) is 0.250. The van der Waals surface area contributed by atoms with Crippen LogP contribution in [-0.2, 0) is 13.5 Å². The average molecular weight is 334 g/mol. The number of aryl methyl sites for hydroxylation is 1. The molecule has 2 aromatic heterocycles. The molecule has 0 spiro atoms. The summed E-state index contributed by atoms with van der Waals surface area (Å²) in [4.78, 5) is 28.7. The first-order valence-electron chi connectivity index (χ1n) is 8.26. The molecule has 3 aromatic rings. The van der Waals surface area contributed by atoms with Crippen LogP contribution < -0.4 is 5.56 Å². The molecule has 0 amide bonds. The van der Waals surface area contributed by atoms with Gasteiger partial charge in [0.15, 0.2) is 0 Å². The van der Waals surface area contributed by atoms with Crippen LogP contribution >= 0.6 is 0 Å². The third-order valence-corrected chi connectivity index (χ3v) is 5.15. The topological polar surface area (TPSA) is 72.2 Å². The molecule has 0 bridgehead atoms. The third kappa shape index (κ3) is 2.12. The van der Waals surface area contributed by atoms with E-state index in [1.165, 1.54) is 10.6 Å². The molecule has 0 aliphatic heterocycles. The standard InChI is InChI=1S/C20H18N2O3/c1-10-8-15-13-7-5-4-6-12(13)11(2)21-17(15)18-14(10)9-16(20(24)25)19(23)22(18)3/h4-7,9-10H,8H2,1-3H3,(H,24,25). The van der Waals surface area contributed by atoms with Gasteiger partial charge in [-0.1, -0.05) is 31.2 Å². The lowest BCUT2D eigenvalue weighted by Gasteiger charge is -2.28. The van der Waals surface area contributed by atoms with Crippen LogP contribution in [0, 0.1) is 6.92 Å². The Hall–Kier alpha value is -2.95. The number of aromatic nitrogens is 2. The van der Waals surface area contributed by atoms with Gasteiger partial charge in [-0.2, -0.15) is 0 Å². The van der Waals surface area contributed by atoms with E-state index in [0.717, 1.165) is 45.4 Å². The van der Waals surface area contributed by atoms with Crippen molar-refractivity contribution in [2.24, 2.45) is 7.05 Å². The van der Waals surface area contributed by atoms with E-state index in [1.54, 1.807) is 7.05 Å². The Balaban J connectivity index is 2.15. The monoisotopic (exact) mass is 334 g/mol. The molecule has 25 heavy (non-hydrogen) atoms. The Kier molecular flexibility index (Phi) is 3.29. The maximum Gasteiger partial charge on any atom is 0.341 e. The van der Waals surface area contributed by atoms with E-state index in [9.17, 15) is 14.7 Å². The van der Waals surface area contributed by atoms with Gasteiger partial charge >= 0.3 is 5.97 Å². The highest BCUT2D eigenvalue weighted by molar-refractivity contribution is 5.93. The van der Waals surface area contributed by atoms with Crippen LogP contribution in [0.15, 0.2) is 35.1 Å². The van der Waals surface area contributed by atoms with E-state index < -0.39 is 11.5 Å². The van der Waals surface area contributed by atoms with E-state index in [4.69, 9.17) is 4.98 Å². The molecular weight excluding hydrogens is 316 g/mol. The van der Waals surface area contributed by atoms with E-state index >= 15 is 0 Å². The Bertz CT molecular complexity index is 1110. The van der Waals surface area contributed by atoms with Crippen molar-refractivity contribution in [1.29, 1.82) is 0 Å². The molecule has 1 atom stereocenters. The number of rotatable bonds is 1. The molecule has 126 valence electrons. The van der Waals surface area contributed by atoms with Crippen molar-refractivity contribution in [1.82, 2.24) is 9.55 Å². The highest BCUT2D eigenvalue weighted by Crippen LogP contribution is 2.41. The van der Waals surface area contributed by atoms with Crippen LogP contribution in [-0.4, -0.2) is 20.6 Å². The highest BCUT2D eigenvalue weighted by Gasteiger charge is 2.29. The smallest absolute Gasteiger partial charge is 0.341 e. The Morgan fingerprint density at radius 3 is 2.64 bits per heavy atom. The van der Waals surface area contributed by atoms with Crippen molar-refractivity contribution in [3.8, 4) is 11.4 Å². The van der Waals surface area contributed by atoms with Crippen molar-refractivity contribution in [3.63, 3.8) is 0 Å². The Morgan fingerprint density at radius 2 is 1.96 bits per heavy atom. The van der Waals surface area contributed by atoms with Gasteiger partial charge in [0.1, 0.15) is 5.56 Å². The molecule has 1 aliphatic rings. The zero-order valence-corrected chi connectivity index (χ0v) is 14.3. The second-order valence-electron chi connectivity index (χ2n) is 6.71. The minimum atomic E-state index is -1.19. The van der Waals surface area contributed by atoms with Crippen molar-refractivity contribution in [2.45, 2.75) is 26.2 Å². The van der Waals surface area contributed by atoms with Gasteiger partial charge in [0, 0.05) is 18.1 Å². The first-order valence-corrected chi connectivity index (χ1v) is 8.26. The number of aromatic carboxylic acids is 1. The second kappa shape index (κ2) is 5.28. The van der Waals surface area contributed by atoms with Gasteiger partial charge in [0.25, 0.3) is 5.56 Å². The minimum Gasteiger partial charge on any atom is -0.477 e. The Morgan fingerprint density at radius 1 is 1.28 bits per heavy atom. The summed E-state index contributed by atoms with van der Waals surface area (Å²) in [5.74, 6) is -1.08. The number of hydrogen-bond donors (Lipinski definition) is 1. The van der Waals surface area contributed by atoms with Crippen molar-refractivity contribution >= 4 is 16.7 Å². The van der Waals surface area contributed by atoms with Crippen LogP contribution in [0.2, 0.25) is 0 Å². The fourth-order valence-electron chi connectivity index (χ4n) is 3.89. The van der Waals surface area contributed by atoms with Gasteiger partial charge in [-0.05, 0) is 41.8 Å². The van der Waals surface area contributed by atoms with Gasteiger partial charge in [-0.15, -0.1) is 0 Å². The third-order valence-electron chi connectivity index (χ3n) is 5.15. The average Bonchev–Trinajstić information content (AvgIpc) is 2.59. The van der Waals surface area contributed by atoms with Gasteiger partial charge in [0.2, 0.25) is 0 Å². The van der Waals surface area contributed by atoms with E-state index in [0.29, 0.717) is 0 Å². The number of benzene rings is 1. The summed E-state index contributed by atoms with van der Waals surface area (Å²) >= 11 is 0. The molecule has 0 fully saturated rings. The molecule has 1 aromatic carbocycles. The molecule has 0 saturated heterocycles. The summed E-state index contributed by atoms with van der Waals surface area (Å²) in [6, 6.07) is 9.68. The predicted octanol–water partition coefficient (Wildman–Crippen LogP) is 3.27. The summed E-state index contributed by atoms with van der Waals surface area (Å²) in [6.07, 6.45) is 0.771. The van der Waals surface area contributed by atoms with Crippen LogP contribution in [0.25, 0.3) is 22.2 Å². The maximum atomic E-state index is 12.5. The number of hydrogen-bond acceptors (Lipinski definition) is 3. The van der Waals surface area contributed by atoms with Crippen LogP contribution in [0.4, 0.5) is 0 Å². The summed E-state index contributed by atoms with van der Waals surface area (Å²) in [5.41, 5.74) is 3.74. The number of carbonyl (C=O) groups is 1. The maximum absolute atomic E-state index is 12.5. The number of carboxylic acids is 1. The first kappa shape index (κ1) is 15.6. The zero-order valence-electron chi connectivity index (χ0n) is 14.3. The number of nitrogens with zero attached hydrogens (tertiary/aromatic N) is 2. The molecule has 1 unspecified atom stereocenters. The van der Waals surface area contributed by atoms with Crippen molar-refractivity contribution in [2.75, 3.05) is 0 Å². The van der Waals surface area contributed by atoms with Crippen LogP contribution in [0.3, 0.4) is 0 Å². The number of carboxylic acid groups (broad SMARTS) is 1. The molecule has 4 rings (SSSR count). The lowest BCUT2D eigenvalue weighted by atomic mass is 9.81. The lowest BCUT2D eigenvalue weighted by molar-refractivity contribution is 0.0694. The van der Waals surface area contributed by atoms with E-state index in [2.05, 4.69) is 19.1 Å². The lowest BCUT2D eigenvalue weighted by Crippen LogP contribution is -2.29. The number of fused-ring (bicyclic) bond motifs is 5. The highest BCUT2D eigenvalue weighted by atomic mass is 16.4. The molecule has 1 N–H and O–H groups in total. The van der Waals surface area contributed by atoms with Crippen LogP contribution in [0.5, 0.6) is 0 Å². The molecule has 5 nitrogen and oxygen atoms in total. The molecule has 1 aliphatic carbocycles. The molecule has 2 heterocycles.